The van der Waals surface area contributed by atoms with Crippen LogP contribution >= 0.6 is 0 Å². The van der Waals surface area contributed by atoms with Crippen molar-refractivity contribution in [2.45, 2.75) is 38.5 Å². The first-order valence-electron chi connectivity index (χ1n) is 7.17. The van der Waals surface area contributed by atoms with Gasteiger partial charge < -0.3 is 4.90 Å². The lowest BCUT2D eigenvalue weighted by molar-refractivity contribution is -0.123. The largest absolute Gasteiger partial charge is 0.308 e. The number of amides is 1. The minimum Gasteiger partial charge on any atom is -0.308 e. The molecule has 1 aromatic rings. The van der Waals surface area contributed by atoms with Crippen molar-refractivity contribution in [3.05, 3.63) is 30.1 Å². The maximum absolute atomic E-state index is 13.9. The van der Waals surface area contributed by atoms with Crippen LogP contribution < -0.4 is 4.90 Å². The second-order valence-electron chi connectivity index (χ2n) is 5.18. The van der Waals surface area contributed by atoms with Crippen LogP contribution in [-0.2, 0) is 4.79 Å². The molecule has 1 aromatic carbocycles. The lowest BCUT2D eigenvalue weighted by Crippen LogP contribution is -2.38. The molecule has 4 heteroatoms. The average molecular weight is 274 g/mol. The third-order valence-electron chi connectivity index (χ3n) is 3.81. The molecule has 1 saturated carbocycles. The summed E-state index contributed by atoms with van der Waals surface area (Å²) in [5.74, 6) is -0.471. The van der Waals surface area contributed by atoms with Gasteiger partial charge in [0.1, 0.15) is 5.82 Å². The number of halogens is 1. The number of carbonyl (C=O) groups excluding carboxylic acids is 1. The van der Waals surface area contributed by atoms with E-state index in [0.29, 0.717) is 5.69 Å². The van der Waals surface area contributed by atoms with Crippen LogP contribution in [0.25, 0.3) is 0 Å². The minimum absolute atomic E-state index is 0.0259. The first-order chi connectivity index (χ1) is 9.74. The van der Waals surface area contributed by atoms with Gasteiger partial charge in [-0.2, -0.15) is 5.26 Å². The van der Waals surface area contributed by atoms with Crippen LogP contribution in [0, 0.1) is 23.1 Å². The second-order valence-corrected chi connectivity index (χ2v) is 5.18. The highest BCUT2D eigenvalue weighted by molar-refractivity contribution is 5.95. The maximum atomic E-state index is 13.9. The SMILES string of the molecule is N#CCCN(C(=O)C1CCCCC1)c1ccccc1F. The second kappa shape index (κ2) is 7.04. The van der Waals surface area contributed by atoms with E-state index in [9.17, 15) is 9.18 Å². The Morgan fingerprint density at radius 2 is 2.00 bits per heavy atom. The molecule has 3 nitrogen and oxygen atoms in total. The van der Waals surface area contributed by atoms with Crippen molar-refractivity contribution < 1.29 is 9.18 Å². The molecule has 20 heavy (non-hydrogen) atoms. The zero-order valence-corrected chi connectivity index (χ0v) is 11.5. The molecule has 1 aliphatic carbocycles. The number of rotatable bonds is 4. The molecule has 0 atom stereocenters. The number of hydrogen-bond donors (Lipinski definition) is 0. The van der Waals surface area contributed by atoms with Gasteiger partial charge in [-0.3, -0.25) is 4.79 Å². The van der Waals surface area contributed by atoms with Crippen molar-refractivity contribution in [1.82, 2.24) is 0 Å². The zero-order chi connectivity index (χ0) is 14.4. The Bertz CT molecular complexity index is 503. The number of nitrogens with zero attached hydrogens (tertiary/aromatic N) is 2. The summed E-state index contributed by atoms with van der Waals surface area (Å²) in [7, 11) is 0. The molecular weight excluding hydrogens is 255 g/mol. The maximum Gasteiger partial charge on any atom is 0.230 e. The first kappa shape index (κ1) is 14.5. The van der Waals surface area contributed by atoms with E-state index in [1.165, 1.54) is 17.4 Å². The number of nitriles is 1. The Balaban J connectivity index is 2.20. The number of anilines is 1. The molecule has 0 unspecified atom stereocenters. The molecule has 0 radical (unpaired) electrons. The zero-order valence-electron chi connectivity index (χ0n) is 11.5. The molecule has 1 amide bonds. The Labute approximate surface area is 119 Å². The van der Waals surface area contributed by atoms with Gasteiger partial charge in [0.15, 0.2) is 0 Å². The lowest BCUT2D eigenvalue weighted by atomic mass is 9.88. The standard InChI is InChI=1S/C16H19FN2O/c17-14-9-4-5-10-15(14)19(12-6-11-18)16(20)13-7-2-1-3-8-13/h4-5,9-10,13H,1-3,6-8,12H2. The van der Waals surface area contributed by atoms with E-state index < -0.39 is 5.82 Å². The molecule has 0 aliphatic heterocycles. The van der Waals surface area contributed by atoms with Crippen molar-refractivity contribution >= 4 is 11.6 Å². The summed E-state index contributed by atoms with van der Waals surface area (Å²) in [6, 6.07) is 8.30. The molecule has 1 aliphatic rings. The van der Waals surface area contributed by atoms with Crippen molar-refractivity contribution in [2.24, 2.45) is 5.92 Å². The van der Waals surface area contributed by atoms with Gasteiger partial charge in [0.25, 0.3) is 0 Å². The highest BCUT2D eigenvalue weighted by Gasteiger charge is 2.27. The predicted molar refractivity (Wildman–Crippen MR) is 75.6 cm³/mol. The highest BCUT2D eigenvalue weighted by atomic mass is 19.1. The Kier molecular flexibility index (Phi) is 5.11. The van der Waals surface area contributed by atoms with Gasteiger partial charge in [0, 0.05) is 12.5 Å². The lowest BCUT2D eigenvalue weighted by Gasteiger charge is -2.29. The smallest absolute Gasteiger partial charge is 0.230 e. The topological polar surface area (TPSA) is 44.1 Å². The van der Waals surface area contributed by atoms with Crippen LogP contribution in [-0.4, -0.2) is 12.5 Å². The van der Waals surface area contributed by atoms with Gasteiger partial charge in [-0.05, 0) is 25.0 Å². The summed E-state index contributed by atoms with van der Waals surface area (Å²) in [5, 5.41) is 8.74. The summed E-state index contributed by atoms with van der Waals surface area (Å²) in [5.41, 5.74) is 0.290. The molecule has 106 valence electrons. The van der Waals surface area contributed by atoms with Gasteiger partial charge in [0.2, 0.25) is 5.91 Å². The summed E-state index contributed by atoms with van der Waals surface area (Å²) < 4.78 is 13.9. The number of carbonyl (C=O) groups is 1. The fourth-order valence-electron chi connectivity index (χ4n) is 2.75. The van der Waals surface area contributed by atoms with E-state index in [2.05, 4.69) is 0 Å². The average Bonchev–Trinajstić information content (AvgIpc) is 2.50. The van der Waals surface area contributed by atoms with Crippen molar-refractivity contribution in [3.8, 4) is 6.07 Å². The number of para-hydroxylation sites is 1. The van der Waals surface area contributed by atoms with E-state index >= 15 is 0 Å². The Hall–Kier alpha value is -1.89. The molecular formula is C16H19FN2O. The quantitative estimate of drug-likeness (QED) is 0.841. The normalized spacial score (nSPS) is 15.6. The fraction of sp³-hybridized carbons (Fsp3) is 0.500. The molecule has 2 rings (SSSR count). The van der Waals surface area contributed by atoms with E-state index in [-0.39, 0.29) is 24.8 Å². The molecule has 0 saturated heterocycles. The predicted octanol–water partition coefficient (Wildman–Crippen LogP) is 3.65. The van der Waals surface area contributed by atoms with Crippen LogP contribution in [0.15, 0.2) is 24.3 Å². The van der Waals surface area contributed by atoms with Crippen molar-refractivity contribution in [3.63, 3.8) is 0 Å². The van der Waals surface area contributed by atoms with Crippen LogP contribution in [0.5, 0.6) is 0 Å². The molecule has 0 aromatic heterocycles. The third kappa shape index (κ3) is 3.36. The van der Waals surface area contributed by atoms with Gasteiger partial charge >= 0.3 is 0 Å². The Morgan fingerprint density at radius 3 is 2.65 bits per heavy atom. The van der Waals surface area contributed by atoms with E-state index in [1.807, 2.05) is 6.07 Å². The van der Waals surface area contributed by atoms with Crippen LogP contribution in [0.2, 0.25) is 0 Å². The summed E-state index contributed by atoms with van der Waals surface area (Å²) in [4.78, 5) is 14.1. The third-order valence-corrected chi connectivity index (χ3v) is 3.81. The van der Waals surface area contributed by atoms with E-state index in [4.69, 9.17) is 5.26 Å². The van der Waals surface area contributed by atoms with Gasteiger partial charge in [-0.1, -0.05) is 31.4 Å². The monoisotopic (exact) mass is 274 g/mol. The molecule has 0 spiro atoms. The van der Waals surface area contributed by atoms with Crippen molar-refractivity contribution in [1.29, 1.82) is 5.26 Å². The number of benzene rings is 1. The van der Waals surface area contributed by atoms with Gasteiger partial charge in [0.05, 0.1) is 18.2 Å². The summed E-state index contributed by atoms with van der Waals surface area (Å²) in [6.07, 6.45) is 5.24. The van der Waals surface area contributed by atoms with Gasteiger partial charge in [-0.15, -0.1) is 0 Å². The Morgan fingerprint density at radius 1 is 1.30 bits per heavy atom. The first-order valence-corrected chi connectivity index (χ1v) is 7.17. The molecule has 0 N–H and O–H groups in total. The van der Waals surface area contributed by atoms with Crippen LogP contribution in [0.1, 0.15) is 38.5 Å². The summed E-state index contributed by atoms with van der Waals surface area (Å²) in [6.45, 7) is 0.257. The van der Waals surface area contributed by atoms with Gasteiger partial charge in [-0.25, -0.2) is 4.39 Å². The van der Waals surface area contributed by atoms with E-state index in [0.717, 1.165) is 25.7 Å². The van der Waals surface area contributed by atoms with Crippen molar-refractivity contribution in [2.75, 3.05) is 11.4 Å². The molecule has 1 fully saturated rings. The van der Waals surface area contributed by atoms with E-state index in [1.54, 1.807) is 18.2 Å². The summed E-state index contributed by atoms with van der Waals surface area (Å²) >= 11 is 0. The molecule has 0 heterocycles. The molecule has 0 bridgehead atoms. The highest BCUT2D eigenvalue weighted by Crippen LogP contribution is 2.28. The number of hydrogen-bond acceptors (Lipinski definition) is 2. The fourth-order valence-corrected chi connectivity index (χ4v) is 2.75. The minimum atomic E-state index is -0.408. The van der Waals surface area contributed by atoms with Crippen LogP contribution in [0.4, 0.5) is 10.1 Å². The van der Waals surface area contributed by atoms with Crippen LogP contribution in [0.3, 0.4) is 0 Å².